The molecule has 0 aliphatic carbocycles. The van der Waals surface area contributed by atoms with E-state index in [9.17, 15) is 9.59 Å². The van der Waals surface area contributed by atoms with Crippen LogP contribution in [-0.4, -0.2) is 42.2 Å². The van der Waals surface area contributed by atoms with Crippen molar-refractivity contribution >= 4 is 17.6 Å². The molecule has 0 fully saturated rings. The molecule has 18 heavy (non-hydrogen) atoms. The molecular formula is C12H16N2O4. The lowest BCUT2D eigenvalue weighted by Crippen LogP contribution is -2.29. The predicted molar refractivity (Wildman–Crippen MR) is 65.3 cm³/mol. The zero-order valence-electron chi connectivity index (χ0n) is 10.2. The minimum atomic E-state index is -0.868. The predicted octanol–water partition coefficient (Wildman–Crippen LogP) is 0.926. The van der Waals surface area contributed by atoms with Gasteiger partial charge in [-0.2, -0.15) is 0 Å². The first kappa shape index (κ1) is 14.0. The zero-order valence-corrected chi connectivity index (χ0v) is 10.2. The Hall–Kier alpha value is -2.11. The number of carbonyl (C=O) groups excluding carboxylic acids is 1. The Kier molecular flexibility index (Phi) is 5.63. The van der Waals surface area contributed by atoms with Crippen molar-refractivity contribution < 1.29 is 19.4 Å². The van der Waals surface area contributed by atoms with Crippen molar-refractivity contribution in [3.63, 3.8) is 0 Å². The van der Waals surface area contributed by atoms with E-state index < -0.39 is 5.97 Å². The van der Waals surface area contributed by atoms with Crippen molar-refractivity contribution in [1.82, 2.24) is 4.98 Å². The van der Waals surface area contributed by atoms with Gasteiger partial charge in [-0.25, -0.2) is 0 Å². The molecule has 0 atom stereocenters. The lowest BCUT2D eigenvalue weighted by molar-refractivity contribution is -0.140. The molecule has 0 saturated heterocycles. The summed E-state index contributed by atoms with van der Waals surface area (Å²) in [6.07, 6.45) is 3.49. The van der Waals surface area contributed by atoms with E-state index >= 15 is 0 Å². The molecule has 0 aromatic carbocycles. The summed E-state index contributed by atoms with van der Waals surface area (Å²) in [5.74, 6) is -1.18. The van der Waals surface area contributed by atoms with Gasteiger partial charge in [0, 0.05) is 31.2 Å². The van der Waals surface area contributed by atoms with Crippen molar-refractivity contribution in [3.05, 3.63) is 24.5 Å². The minimum Gasteiger partial charge on any atom is -0.481 e. The second kappa shape index (κ2) is 7.26. The van der Waals surface area contributed by atoms with Crippen LogP contribution in [0, 0.1) is 0 Å². The SMILES string of the molecule is COC(=O)CCN(CCC(=O)O)c1ccncc1. The lowest BCUT2D eigenvalue weighted by Gasteiger charge is -2.23. The molecule has 1 N–H and O–H groups in total. The molecule has 1 heterocycles. The van der Waals surface area contributed by atoms with E-state index in [1.807, 2.05) is 4.90 Å². The van der Waals surface area contributed by atoms with Gasteiger partial charge >= 0.3 is 11.9 Å². The smallest absolute Gasteiger partial charge is 0.307 e. The fourth-order valence-corrected chi connectivity index (χ4v) is 1.48. The largest absolute Gasteiger partial charge is 0.481 e. The summed E-state index contributed by atoms with van der Waals surface area (Å²) in [5, 5.41) is 8.70. The molecule has 6 heteroatoms. The van der Waals surface area contributed by atoms with E-state index in [2.05, 4.69) is 9.72 Å². The fourth-order valence-electron chi connectivity index (χ4n) is 1.48. The van der Waals surface area contributed by atoms with E-state index in [4.69, 9.17) is 5.11 Å². The molecule has 0 aliphatic heterocycles. The van der Waals surface area contributed by atoms with Crippen molar-refractivity contribution in [3.8, 4) is 0 Å². The van der Waals surface area contributed by atoms with Crippen LogP contribution in [0.5, 0.6) is 0 Å². The number of rotatable bonds is 7. The van der Waals surface area contributed by atoms with Gasteiger partial charge in [-0.15, -0.1) is 0 Å². The number of methoxy groups -OCH3 is 1. The molecular weight excluding hydrogens is 236 g/mol. The molecule has 0 amide bonds. The molecule has 0 aliphatic rings. The minimum absolute atomic E-state index is 0.0174. The monoisotopic (exact) mass is 252 g/mol. The number of nitrogens with zero attached hydrogens (tertiary/aromatic N) is 2. The Morgan fingerprint density at radius 3 is 2.44 bits per heavy atom. The third-order valence-corrected chi connectivity index (χ3v) is 2.44. The number of carboxylic acid groups (broad SMARTS) is 1. The highest BCUT2D eigenvalue weighted by Crippen LogP contribution is 2.13. The zero-order chi connectivity index (χ0) is 13.4. The normalized spacial score (nSPS) is 9.83. The molecule has 0 bridgehead atoms. The quantitative estimate of drug-likeness (QED) is 0.727. The molecule has 1 aromatic heterocycles. The molecule has 6 nitrogen and oxygen atoms in total. The van der Waals surface area contributed by atoms with Crippen LogP contribution >= 0.6 is 0 Å². The standard InChI is InChI=1S/C12H16N2O4/c1-18-12(17)5-9-14(8-4-11(15)16)10-2-6-13-7-3-10/h2-3,6-7H,4-5,8-9H2,1H3,(H,15,16). The van der Waals surface area contributed by atoms with Crippen molar-refractivity contribution in [2.45, 2.75) is 12.8 Å². The van der Waals surface area contributed by atoms with Gasteiger partial charge in [-0.05, 0) is 12.1 Å². The van der Waals surface area contributed by atoms with Crippen LogP contribution in [0.15, 0.2) is 24.5 Å². The van der Waals surface area contributed by atoms with Gasteiger partial charge < -0.3 is 14.7 Å². The number of aromatic nitrogens is 1. The molecule has 98 valence electrons. The van der Waals surface area contributed by atoms with Crippen LogP contribution in [-0.2, 0) is 14.3 Å². The van der Waals surface area contributed by atoms with Gasteiger partial charge in [0.05, 0.1) is 20.0 Å². The number of anilines is 1. The maximum absolute atomic E-state index is 11.1. The number of aliphatic carboxylic acids is 1. The van der Waals surface area contributed by atoms with Crippen molar-refractivity contribution in [2.24, 2.45) is 0 Å². The van der Waals surface area contributed by atoms with Gasteiger partial charge in [-0.1, -0.05) is 0 Å². The van der Waals surface area contributed by atoms with Gasteiger partial charge in [0.1, 0.15) is 0 Å². The molecule has 0 radical (unpaired) electrons. The van der Waals surface area contributed by atoms with E-state index in [1.165, 1.54) is 7.11 Å². The Morgan fingerprint density at radius 1 is 1.28 bits per heavy atom. The summed E-state index contributed by atoms with van der Waals surface area (Å²) >= 11 is 0. The van der Waals surface area contributed by atoms with Crippen LogP contribution in [0.4, 0.5) is 5.69 Å². The van der Waals surface area contributed by atoms with Crippen LogP contribution in [0.2, 0.25) is 0 Å². The van der Waals surface area contributed by atoms with Crippen molar-refractivity contribution in [2.75, 3.05) is 25.1 Å². The number of carbonyl (C=O) groups is 2. The highest BCUT2D eigenvalue weighted by molar-refractivity contribution is 5.70. The van der Waals surface area contributed by atoms with Crippen LogP contribution in [0.3, 0.4) is 0 Å². The topological polar surface area (TPSA) is 79.7 Å². The lowest BCUT2D eigenvalue weighted by atomic mass is 10.3. The van der Waals surface area contributed by atoms with Gasteiger partial charge in [-0.3, -0.25) is 14.6 Å². The number of pyridine rings is 1. The summed E-state index contributed by atoms with van der Waals surface area (Å²) in [7, 11) is 1.33. The first-order valence-corrected chi connectivity index (χ1v) is 5.57. The molecule has 0 saturated carbocycles. The number of hydrogen-bond acceptors (Lipinski definition) is 5. The maximum atomic E-state index is 11.1. The Balaban J connectivity index is 2.63. The average molecular weight is 252 g/mol. The Labute approximate surface area is 105 Å². The van der Waals surface area contributed by atoms with Crippen LogP contribution < -0.4 is 4.90 Å². The highest BCUT2D eigenvalue weighted by Gasteiger charge is 2.11. The highest BCUT2D eigenvalue weighted by atomic mass is 16.5. The van der Waals surface area contributed by atoms with Gasteiger partial charge in [0.25, 0.3) is 0 Å². The second-order valence-corrected chi connectivity index (χ2v) is 3.66. The number of esters is 1. The second-order valence-electron chi connectivity index (χ2n) is 3.66. The molecule has 1 rings (SSSR count). The summed E-state index contributed by atoms with van der Waals surface area (Å²) in [6, 6.07) is 3.55. The first-order chi connectivity index (χ1) is 8.63. The summed E-state index contributed by atoms with van der Waals surface area (Å²) in [6.45, 7) is 0.764. The van der Waals surface area contributed by atoms with Crippen LogP contribution in [0.1, 0.15) is 12.8 Å². The van der Waals surface area contributed by atoms with Gasteiger partial charge in [0.15, 0.2) is 0 Å². The average Bonchev–Trinajstić information content (AvgIpc) is 2.39. The summed E-state index contributed by atoms with van der Waals surface area (Å²) in [5.41, 5.74) is 0.843. The Morgan fingerprint density at radius 2 is 1.89 bits per heavy atom. The van der Waals surface area contributed by atoms with E-state index in [-0.39, 0.29) is 18.8 Å². The Bertz CT molecular complexity index is 394. The van der Waals surface area contributed by atoms with Crippen molar-refractivity contribution in [1.29, 1.82) is 0 Å². The van der Waals surface area contributed by atoms with Crippen LogP contribution in [0.25, 0.3) is 0 Å². The third-order valence-electron chi connectivity index (χ3n) is 2.44. The summed E-state index contributed by atoms with van der Waals surface area (Å²) < 4.78 is 4.57. The van der Waals surface area contributed by atoms with E-state index in [0.717, 1.165) is 5.69 Å². The fraction of sp³-hybridized carbons (Fsp3) is 0.417. The first-order valence-electron chi connectivity index (χ1n) is 5.57. The molecule has 1 aromatic rings. The molecule has 0 unspecified atom stereocenters. The number of ether oxygens (including phenoxy) is 1. The maximum Gasteiger partial charge on any atom is 0.307 e. The third kappa shape index (κ3) is 4.82. The number of carboxylic acids is 1. The summed E-state index contributed by atoms with van der Waals surface area (Å²) in [4.78, 5) is 27.4. The van der Waals surface area contributed by atoms with Gasteiger partial charge in [0.2, 0.25) is 0 Å². The molecule has 0 spiro atoms. The van der Waals surface area contributed by atoms with E-state index in [1.54, 1.807) is 24.5 Å². The van der Waals surface area contributed by atoms with E-state index in [0.29, 0.717) is 13.1 Å². The number of hydrogen-bond donors (Lipinski definition) is 1.